The first-order valence-electron chi connectivity index (χ1n) is 6.25. The lowest BCUT2D eigenvalue weighted by molar-refractivity contribution is -0.600. The third-order valence-electron chi connectivity index (χ3n) is 3.06. The fraction of sp³-hybridized carbons (Fsp3) is 0. The van der Waals surface area contributed by atoms with E-state index in [0.29, 0.717) is 11.4 Å². The normalized spacial score (nSPS) is 10.4. The summed E-state index contributed by atoms with van der Waals surface area (Å²) in [5.74, 6) is 0.204. The van der Waals surface area contributed by atoms with Crippen LogP contribution in [0.3, 0.4) is 0 Å². The number of hydrogen-bond donors (Lipinski definition) is 2. The number of aromatic hydroxyl groups is 2. The molecule has 0 amide bonds. The Morgan fingerprint density at radius 1 is 0.550 bits per heavy atom. The Labute approximate surface area is 116 Å². The molecule has 0 bridgehead atoms. The van der Waals surface area contributed by atoms with Gasteiger partial charge in [0.15, 0.2) is 36.3 Å². The van der Waals surface area contributed by atoms with Crippen molar-refractivity contribution in [2.45, 2.75) is 0 Å². The first kappa shape index (κ1) is 12.2. The molecule has 0 saturated carbocycles. The maximum atomic E-state index is 10.2. The van der Waals surface area contributed by atoms with Crippen molar-refractivity contribution in [3.05, 3.63) is 73.3 Å². The third-order valence-corrected chi connectivity index (χ3v) is 3.06. The molecule has 2 N–H and O–H groups in total. The van der Waals surface area contributed by atoms with Crippen LogP contribution in [0.1, 0.15) is 0 Å². The maximum Gasteiger partial charge on any atom is 0.256 e. The molecule has 0 aliphatic carbocycles. The summed E-state index contributed by atoms with van der Waals surface area (Å²) in [6.45, 7) is 0. The van der Waals surface area contributed by atoms with E-state index < -0.39 is 0 Å². The number of benzene rings is 1. The molecular formula is C16H14N2O2+2. The second-order valence-electron chi connectivity index (χ2n) is 4.40. The van der Waals surface area contributed by atoms with Gasteiger partial charge in [-0.3, -0.25) is 0 Å². The summed E-state index contributed by atoms with van der Waals surface area (Å²) in [5, 5.41) is 20.4. The SMILES string of the molecule is Oc1cc(-[n+]2ccccc2)c(O)cc1-[n+]1ccccc1. The van der Waals surface area contributed by atoms with E-state index in [1.54, 1.807) is 21.3 Å². The molecule has 4 nitrogen and oxygen atoms in total. The lowest BCUT2D eigenvalue weighted by atomic mass is 10.2. The molecule has 4 heteroatoms. The Morgan fingerprint density at radius 3 is 1.25 bits per heavy atom. The van der Waals surface area contributed by atoms with Crippen LogP contribution in [0.2, 0.25) is 0 Å². The molecule has 0 atom stereocenters. The second kappa shape index (κ2) is 5.01. The Balaban J connectivity index is 2.13. The van der Waals surface area contributed by atoms with Crippen LogP contribution in [-0.4, -0.2) is 10.2 Å². The van der Waals surface area contributed by atoms with Crippen LogP contribution >= 0.6 is 0 Å². The summed E-state index contributed by atoms with van der Waals surface area (Å²) in [6, 6.07) is 14.3. The molecule has 0 aliphatic rings. The lowest BCUT2D eigenvalue weighted by Gasteiger charge is -2.02. The van der Waals surface area contributed by atoms with E-state index in [1.165, 1.54) is 0 Å². The van der Waals surface area contributed by atoms with E-state index in [9.17, 15) is 10.2 Å². The van der Waals surface area contributed by atoms with Gasteiger partial charge in [0.25, 0.3) is 11.4 Å². The number of pyridine rings is 2. The van der Waals surface area contributed by atoms with Crippen LogP contribution in [0.25, 0.3) is 11.4 Å². The van der Waals surface area contributed by atoms with E-state index in [4.69, 9.17) is 0 Å². The summed E-state index contributed by atoms with van der Waals surface area (Å²) < 4.78 is 3.49. The van der Waals surface area contributed by atoms with Gasteiger partial charge in [-0.1, -0.05) is 12.1 Å². The van der Waals surface area contributed by atoms with Gasteiger partial charge in [0.2, 0.25) is 0 Å². The molecule has 2 heterocycles. The highest BCUT2D eigenvalue weighted by Gasteiger charge is 2.21. The zero-order valence-electron chi connectivity index (χ0n) is 10.7. The number of hydrogen-bond acceptors (Lipinski definition) is 2. The van der Waals surface area contributed by atoms with Gasteiger partial charge in [0.05, 0.1) is 12.1 Å². The van der Waals surface area contributed by atoms with Gasteiger partial charge in [-0.2, -0.15) is 9.13 Å². The van der Waals surface area contributed by atoms with Crippen molar-refractivity contribution in [2.75, 3.05) is 0 Å². The maximum absolute atomic E-state index is 10.2. The van der Waals surface area contributed by atoms with Crippen LogP contribution in [0.5, 0.6) is 11.5 Å². The number of phenolic OH excluding ortho intramolecular Hbond substituents is 2. The van der Waals surface area contributed by atoms with E-state index in [-0.39, 0.29) is 11.5 Å². The third kappa shape index (κ3) is 2.19. The lowest BCUT2D eigenvalue weighted by Crippen LogP contribution is -2.31. The zero-order valence-corrected chi connectivity index (χ0v) is 10.7. The Bertz CT molecular complexity index is 663. The standard InChI is InChI=1S/C16H12N2O2/c19-15-12-14(18-9-5-2-6-10-18)16(20)11-13(15)17-7-3-1-4-8-17/h1-12H/p+2. The Kier molecular flexibility index (Phi) is 3.05. The Morgan fingerprint density at radius 2 is 0.900 bits per heavy atom. The average Bonchev–Trinajstić information content (AvgIpc) is 2.51. The number of phenols is 2. The van der Waals surface area contributed by atoms with Crippen LogP contribution in [0, 0.1) is 0 Å². The number of rotatable bonds is 2. The molecule has 2 aromatic heterocycles. The number of nitrogens with zero attached hydrogens (tertiary/aromatic N) is 2. The van der Waals surface area contributed by atoms with Gasteiger partial charge < -0.3 is 10.2 Å². The molecule has 0 aliphatic heterocycles. The van der Waals surface area contributed by atoms with Gasteiger partial charge in [0.1, 0.15) is 0 Å². The van der Waals surface area contributed by atoms with Gasteiger partial charge in [-0.15, -0.1) is 0 Å². The first-order valence-corrected chi connectivity index (χ1v) is 6.25. The Hall–Kier alpha value is -2.88. The molecule has 98 valence electrons. The molecule has 0 spiro atoms. The van der Waals surface area contributed by atoms with Crippen molar-refractivity contribution < 1.29 is 19.3 Å². The molecule has 0 unspecified atom stereocenters. The van der Waals surface area contributed by atoms with Crippen molar-refractivity contribution in [1.29, 1.82) is 0 Å². The molecule has 0 saturated heterocycles. The van der Waals surface area contributed by atoms with E-state index >= 15 is 0 Å². The second-order valence-corrected chi connectivity index (χ2v) is 4.40. The van der Waals surface area contributed by atoms with Crippen molar-refractivity contribution in [1.82, 2.24) is 0 Å². The van der Waals surface area contributed by atoms with Crippen molar-refractivity contribution in [3.8, 4) is 22.9 Å². The smallest absolute Gasteiger partial charge is 0.256 e. The van der Waals surface area contributed by atoms with Crippen LogP contribution < -0.4 is 9.13 Å². The van der Waals surface area contributed by atoms with Crippen LogP contribution in [0.4, 0.5) is 0 Å². The quantitative estimate of drug-likeness (QED) is 0.547. The minimum absolute atomic E-state index is 0.102. The van der Waals surface area contributed by atoms with Crippen LogP contribution in [-0.2, 0) is 0 Å². The van der Waals surface area contributed by atoms with Gasteiger partial charge in [0, 0.05) is 24.3 Å². The minimum atomic E-state index is 0.102. The van der Waals surface area contributed by atoms with Gasteiger partial charge >= 0.3 is 0 Å². The predicted molar refractivity (Wildman–Crippen MR) is 72.8 cm³/mol. The summed E-state index contributed by atoms with van der Waals surface area (Å²) in [5.41, 5.74) is 1.06. The summed E-state index contributed by atoms with van der Waals surface area (Å²) in [7, 11) is 0. The average molecular weight is 266 g/mol. The van der Waals surface area contributed by atoms with Gasteiger partial charge in [-0.25, -0.2) is 0 Å². The summed E-state index contributed by atoms with van der Waals surface area (Å²) in [4.78, 5) is 0. The first-order chi connectivity index (χ1) is 9.75. The van der Waals surface area contributed by atoms with Crippen molar-refractivity contribution in [3.63, 3.8) is 0 Å². The summed E-state index contributed by atoms with van der Waals surface area (Å²) in [6.07, 6.45) is 7.24. The van der Waals surface area contributed by atoms with E-state index in [1.807, 2.05) is 61.2 Å². The predicted octanol–water partition coefficient (Wildman–Crippen LogP) is 1.65. The molecule has 0 fully saturated rings. The van der Waals surface area contributed by atoms with Crippen molar-refractivity contribution in [2.24, 2.45) is 0 Å². The van der Waals surface area contributed by atoms with E-state index in [0.717, 1.165) is 0 Å². The fourth-order valence-electron chi connectivity index (χ4n) is 2.09. The van der Waals surface area contributed by atoms with Gasteiger partial charge in [-0.05, 0) is 0 Å². The summed E-state index contributed by atoms with van der Waals surface area (Å²) >= 11 is 0. The molecule has 0 radical (unpaired) electrons. The zero-order chi connectivity index (χ0) is 13.9. The minimum Gasteiger partial charge on any atom is -0.502 e. The molecule has 3 rings (SSSR count). The molecule has 20 heavy (non-hydrogen) atoms. The van der Waals surface area contributed by atoms with Crippen LogP contribution in [0.15, 0.2) is 73.3 Å². The number of aromatic nitrogens is 2. The fourth-order valence-corrected chi connectivity index (χ4v) is 2.09. The molecule has 3 aromatic rings. The topological polar surface area (TPSA) is 48.2 Å². The highest BCUT2D eigenvalue weighted by molar-refractivity contribution is 5.53. The van der Waals surface area contributed by atoms with Crippen molar-refractivity contribution >= 4 is 0 Å². The monoisotopic (exact) mass is 266 g/mol. The highest BCUT2D eigenvalue weighted by Crippen LogP contribution is 2.27. The molecule has 1 aromatic carbocycles. The highest BCUT2D eigenvalue weighted by atomic mass is 16.3. The van der Waals surface area contributed by atoms with E-state index in [2.05, 4.69) is 0 Å². The molecular weight excluding hydrogens is 252 g/mol. The largest absolute Gasteiger partial charge is 0.502 e.